The highest BCUT2D eigenvalue weighted by Gasteiger charge is 2.41. The Labute approximate surface area is 176 Å². The molecule has 0 radical (unpaired) electrons. The van der Waals surface area contributed by atoms with Gasteiger partial charge in [0.2, 0.25) is 6.23 Å². The van der Waals surface area contributed by atoms with Crippen LogP contribution in [0.3, 0.4) is 0 Å². The zero-order valence-electron chi connectivity index (χ0n) is 14.7. The molecule has 4 nitrogen and oxygen atoms in total. The van der Waals surface area contributed by atoms with Crippen molar-refractivity contribution >= 4 is 33.2 Å². The molecule has 0 saturated carbocycles. The van der Waals surface area contributed by atoms with Crippen LogP contribution >= 0.6 is 27.5 Å². The van der Waals surface area contributed by atoms with E-state index < -0.39 is 6.23 Å². The number of hydrogen-bond acceptors (Lipinski definition) is 4. The predicted octanol–water partition coefficient (Wildman–Crippen LogP) is 6.05. The van der Waals surface area contributed by atoms with Gasteiger partial charge in [-0.05, 0) is 48.0 Å². The van der Waals surface area contributed by atoms with Gasteiger partial charge in [0, 0.05) is 21.5 Å². The summed E-state index contributed by atoms with van der Waals surface area (Å²) in [7, 11) is 0. The van der Waals surface area contributed by atoms with E-state index in [0.29, 0.717) is 10.6 Å². The zero-order valence-corrected chi connectivity index (χ0v) is 17.1. The van der Waals surface area contributed by atoms with Gasteiger partial charge in [-0.15, -0.1) is 0 Å². The summed E-state index contributed by atoms with van der Waals surface area (Å²) in [5, 5.41) is 17.9. The van der Waals surface area contributed by atoms with E-state index in [1.54, 1.807) is 12.1 Å². The molecule has 0 spiro atoms. The number of benzene rings is 3. The first kappa shape index (κ1) is 17.6. The van der Waals surface area contributed by atoms with E-state index in [9.17, 15) is 5.11 Å². The van der Waals surface area contributed by atoms with Gasteiger partial charge in [-0.25, -0.2) is 5.01 Å². The average Bonchev–Trinajstić information content (AvgIpc) is 3.14. The van der Waals surface area contributed by atoms with Crippen LogP contribution in [0, 0.1) is 0 Å². The van der Waals surface area contributed by atoms with E-state index in [1.165, 1.54) is 0 Å². The van der Waals surface area contributed by atoms with E-state index in [2.05, 4.69) is 28.1 Å². The minimum absolute atomic E-state index is 0.00861. The summed E-state index contributed by atoms with van der Waals surface area (Å²) in [5.41, 5.74) is 3.75. The topological polar surface area (TPSA) is 45.1 Å². The number of rotatable bonds is 2. The molecule has 140 valence electrons. The second-order valence-electron chi connectivity index (χ2n) is 6.86. The van der Waals surface area contributed by atoms with E-state index in [0.717, 1.165) is 33.5 Å². The quantitative estimate of drug-likeness (QED) is 0.511. The molecule has 2 heterocycles. The van der Waals surface area contributed by atoms with Crippen LogP contribution in [0.15, 0.2) is 76.3 Å². The molecule has 2 aliphatic heterocycles. The molecule has 5 rings (SSSR count). The Morgan fingerprint density at radius 1 is 1.04 bits per heavy atom. The monoisotopic (exact) mass is 454 g/mol. The second-order valence-corrected chi connectivity index (χ2v) is 8.22. The Hall–Kier alpha value is -2.50. The summed E-state index contributed by atoms with van der Waals surface area (Å²) in [4.78, 5) is 0. The van der Waals surface area contributed by atoms with E-state index in [4.69, 9.17) is 21.4 Å². The minimum atomic E-state index is -0.507. The van der Waals surface area contributed by atoms with Gasteiger partial charge in [0.1, 0.15) is 11.5 Å². The van der Waals surface area contributed by atoms with Crippen molar-refractivity contribution in [3.63, 3.8) is 0 Å². The lowest BCUT2D eigenvalue weighted by molar-refractivity contribution is -0.0203. The SMILES string of the molecule is Oc1ccccc1C1Oc2ccc(Cl)cc2C2CC(c3ccc(Br)cc3)=NN21. The van der Waals surface area contributed by atoms with Crippen LogP contribution in [-0.4, -0.2) is 15.8 Å². The lowest BCUT2D eigenvalue weighted by Gasteiger charge is -2.38. The highest BCUT2D eigenvalue weighted by atomic mass is 79.9. The summed E-state index contributed by atoms with van der Waals surface area (Å²) in [6.45, 7) is 0. The zero-order chi connectivity index (χ0) is 19.3. The van der Waals surface area contributed by atoms with Crippen molar-refractivity contribution < 1.29 is 9.84 Å². The first-order valence-corrected chi connectivity index (χ1v) is 10.1. The Balaban J connectivity index is 1.62. The maximum absolute atomic E-state index is 10.4. The average molecular weight is 456 g/mol. The van der Waals surface area contributed by atoms with Crippen molar-refractivity contribution in [1.82, 2.24) is 5.01 Å². The molecule has 0 aromatic heterocycles. The number of ether oxygens (including phenoxy) is 1. The van der Waals surface area contributed by atoms with Gasteiger partial charge in [0.25, 0.3) is 0 Å². The Morgan fingerprint density at radius 2 is 1.82 bits per heavy atom. The third-order valence-electron chi connectivity index (χ3n) is 5.13. The standard InChI is InChI=1S/C22H16BrClN2O2/c23-14-7-5-13(6-8-14)18-12-19-17-11-15(24)9-10-21(17)28-22(26(19)25-18)16-3-1-2-4-20(16)27/h1-11,19,22,27H,12H2. The first-order chi connectivity index (χ1) is 13.6. The van der Waals surface area contributed by atoms with Crippen LogP contribution in [-0.2, 0) is 0 Å². The smallest absolute Gasteiger partial charge is 0.217 e. The first-order valence-electron chi connectivity index (χ1n) is 8.96. The number of para-hydroxylation sites is 1. The summed E-state index contributed by atoms with van der Waals surface area (Å²) in [6, 6.07) is 21.0. The Bertz CT molecular complexity index is 1080. The molecule has 2 atom stereocenters. The fourth-order valence-electron chi connectivity index (χ4n) is 3.78. The van der Waals surface area contributed by atoms with Crippen LogP contribution in [0.2, 0.25) is 5.02 Å². The van der Waals surface area contributed by atoms with Gasteiger partial charge in [0.05, 0.1) is 17.3 Å². The maximum atomic E-state index is 10.4. The molecule has 0 amide bonds. The summed E-state index contributed by atoms with van der Waals surface area (Å²) >= 11 is 9.74. The van der Waals surface area contributed by atoms with Gasteiger partial charge in [-0.1, -0.05) is 51.8 Å². The summed E-state index contributed by atoms with van der Waals surface area (Å²) < 4.78 is 7.29. The van der Waals surface area contributed by atoms with Crippen molar-refractivity contribution in [3.8, 4) is 11.5 Å². The third kappa shape index (κ3) is 2.95. The lowest BCUT2D eigenvalue weighted by Crippen LogP contribution is -2.33. The van der Waals surface area contributed by atoms with Gasteiger partial charge in [0.15, 0.2) is 0 Å². The van der Waals surface area contributed by atoms with Gasteiger partial charge < -0.3 is 9.84 Å². The van der Waals surface area contributed by atoms with Crippen LogP contribution in [0.4, 0.5) is 0 Å². The maximum Gasteiger partial charge on any atom is 0.217 e. The van der Waals surface area contributed by atoms with Crippen LogP contribution in [0.1, 0.15) is 35.4 Å². The molecule has 1 N–H and O–H groups in total. The van der Waals surface area contributed by atoms with Crippen molar-refractivity contribution in [3.05, 3.63) is 92.9 Å². The predicted molar refractivity (Wildman–Crippen MR) is 113 cm³/mol. The van der Waals surface area contributed by atoms with Crippen LogP contribution in [0.25, 0.3) is 0 Å². The number of aromatic hydroxyl groups is 1. The molecule has 2 aliphatic rings. The fraction of sp³-hybridized carbons (Fsp3) is 0.136. The number of hydrazone groups is 1. The molecule has 0 bridgehead atoms. The largest absolute Gasteiger partial charge is 0.507 e. The normalized spacial score (nSPS) is 20.2. The molecule has 0 saturated heterocycles. The number of fused-ring (bicyclic) bond motifs is 3. The molecule has 3 aromatic carbocycles. The van der Waals surface area contributed by atoms with E-state index in [-0.39, 0.29) is 11.8 Å². The highest BCUT2D eigenvalue weighted by Crippen LogP contribution is 2.49. The number of nitrogens with zero attached hydrogens (tertiary/aromatic N) is 2. The van der Waals surface area contributed by atoms with Gasteiger partial charge in [-0.3, -0.25) is 0 Å². The van der Waals surface area contributed by atoms with Crippen LogP contribution in [0.5, 0.6) is 11.5 Å². The van der Waals surface area contributed by atoms with Gasteiger partial charge in [-0.2, -0.15) is 5.10 Å². The molecular weight excluding hydrogens is 440 g/mol. The van der Waals surface area contributed by atoms with Crippen molar-refractivity contribution in [2.75, 3.05) is 0 Å². The molecule has 3 aromatic rings. The number of phenols is 1. The van der Waals surface area contributed by atoms with E-state index >= 15 is 0 Å². The van der Waals surface area contributed by atoms with Crippen LogP contribution < -0.4 is 4.74 Å². The molecule has 6 heteroatoms. The highest BCUT2D eigenvalue weighted by molar-refractivity contribution is 9.10. The summed E-state index contributed by atoms with van der Waals surface area (Å²) in [5.74, 6) is 0.960. The molecule has 28 heavy (non-hydrogen) atoms. The lowest BCUT2D eigenvalue weighted by atomic mass is 9.96. The molecule has 2 unspecified atom stereocenters. The molecule has 0 fully saturated rings. The Kier molecular flexibility index (Phi) is 4.29. The number of halogens is 2. The van der Waals surface area contributed by atoms with Gasteiger partial charge >= 0.3 is 0 Å². The fourth-order valence-corrected chi connectivity index (χ4v) is 4.22. The van der Waals surface area contributed by atoms with Crippen molar-refractivity contribution in [2.45, 2.75) is 18.7 Å². The minimum Gasteiger partial charge on any atom is -0.507 e. The second kappa shape index (κ2) is 6.83. The van der Waals surface area contributed by atoms with Crippen molar-refractivity contribution in [2.24, 2.45) is 5.10 Å². The Morgan fingerprint density at radius 3 is 2.61 bits per heavy atom. The third-order valence-corrected chi connectivity index (χ3v) is 5.90. The summed E-state index contributed by atoms with van der Waals surface area (Å²) in [6.07, 6.45) is 0.232. The number of hydrogen-bond donors (Lipinski definition) is 1. The number of phenolic OH excluding ortho intramolecular Hbond substituents is 1. The molecular formula is C22H16BrClN2O2. The van der Waals surface area contributed by atoms with E-state index in [1.807, 2.05) is 47.5 Å². The molecule has 0 aliphatic carbocycles. The van der Waals surface area contributed by atoms with Crippen molar-refractivity contribution in [1.29, 1.82) is 0 Å².